The van der Waals surface area contributed by atoms with E-state index in [1.54, 1.807) is 44.2 Å². The predicted molar refractivity (Wildman–Crippen MR) is 123 cm³/mol. The fraction of sp³-hybridized carbons (Fsp3) is 0.125. The molecule has 32 heavy (non-hydrogen) atoms. The number of nitrogens with one attached hydrogen (secondary N) is 1. The van der Waals surface area contributed by atoms with Gasteiger partial charge in [-0.2, -0.15) is 0 Å². The van der Waals surface area contributed by atoms with Crippen LogP contribution in [0, 0.1) is 0 Å². The first kappa shape index (κ1) is 21.5. The third-order valence-electron chi connectivity index (χ3n) is 4.58. The first-order valence-electron chi connectivity index (χ1n) is 9.79. The second-order valence-corrected chi connectivity index (χ2v) is 7.78. The van der Waals surface area contributed by atoms with Crippen molar-refractivity contribution in [3.63, 3.8) is 0 Å². The van der Waals surface area contributed by atoms with Gasteiger partial charge in [-0.05, 0) is 48.5 Å². The van der Waals surface area contributed by atoms with Crippen molar-refractivity contribution in [3.05, 3.63) is 84.3 Å². The van der Waals surface area contributed by atoms with Crippen molar-refractivity contribution in [1.82, 2.24) is 10.2 Å². The van der Waals surface area contributed by atoms with Crippen LogP contribution >= 0.6 is 11.8 Å². The zero-order valence-corrected chi connectivity index (χ0v) is 18.4. The predicted octanol–water partition coefficient (Wildman–Crippen LogP) is 5.30. The molecule has 4 aromatic rings. The summed E-state index contributed by atoms with van der Waals surface area (Å²) in [4.78, 5) is 13.6. The van der Waals surface area contributed by atoms with E-state index in [2.05, 4.69) is 15.5 Å². The molecular formula is C24H21N3O4S. The summed E-state index contributed by atoms with van der Waals surface area (Å²) in [6.07, 6.45) is 0. The topological polar surface area (TPSA) is 86.5 Å². The molecule has 0 fully saturated rings. The highest BCUT2D eigenvalue weighted by atomic mass is 32.2. The highest BCUT2D eigenvalue weighted by Crippen LogP contribution is 2.27. The van der Waals surface area contributed by atoms with Crippen molar-refractivity contribution in [3.8, 4) is 23.0 Å². The highest BCUT2D eigenvalue weighted by Gasteiger charge is 2.11. The molecule has 0 saturated heterocycles. The van der Waals surface area contributed by atoms with Crippen molar-refractivity contribution in [2.24, 2.45) is 0 Å². The maximum atomic E-state index is 12.6. The standard InChI is InChI=1S/C24H21N3O4S/c1-29-19-12-17(13-20(14-19)30-2)23(28)25-18-8-10-21(11-9-18)32-15-22-26-27-24(31-22)16-6-4-3-5-7-16/h3-14H,15H2,1-2H3,(H,25,28). The third kappa shape index (κ3) is 5.28. The molecule has 162 valence electrons. The molecule has 0 aliphatic rings. The lowest BCUT2D eigenvalue weighted by Gasteiger charge is -2.09. The summed E-state index contributed by atoms with van der Waals surface area (Å²) in [6.45, 7) is 0. The molecule has 0 aliphatic heterocycles. The summed E-state index contributed by atoms with van der Waals surface area (Å²) < 4.78 is 16.2. The molecule has 3 aromatic carbocycles. The summed E-state index contributed by atoms with van der Waals surface area (Å²) >= 11 is 1.57. The smallest absolute Gasteiger partial charge is 0.255 e. The zero-order valence-electron chi connectivity index (χ0n) is 17.6. The minimum absolute atomic E-state index is 0.248. The minimum Gasteiger partial charge on any atom is -0.497 e. The number of amides is 1. The van der Waals surface area contributed by atoms with E-state index >= 15 is 0 Å². The Hall–Kier alpha value is -3.78. The molecule has 1 aromatic heterocycles. The SMILES string of the molecule is COc1cc(OC)cc(C(=O)Nc2ccc(SCc3nnc(-c4ccccc4)o3)cc2)c1. The Labute approximate surface area is 189 Å². The molecular weight excluding hydrogens is 426 g/mol. The lowest BCUT2D eigenvalue weighted by Crippen LogP contribution is -2.12. The fourth-order valence-corrected chi connectivity index (χ4v) is 3.67. The number of hydrogen-bond acceptors (Lipinski definition) is 7. The molecule has 8 heteroatoms. The molecule has 1 amide bonds. The van der Waals surface area contributed by atoms with E-state index in [1.807, 2.05) is 54.6 Å². The van der Waals surface area contributed by atoms with Gasteiger partial charge < -0.3 is 19.2 Å². The Morgan fingerprint density at radius 2 is 1.62 bits per heavy atom. The van der Waals surface area contributed by atoms with Crippen molar-refractivity contribution in [2.45, 2.75) is 10.6 Å². The van der Waals surface area contributed by atoms with Crippen LogP contribution in [0.15, 0.2) is 82.1 Å². The average molecular weight is 448 g/mol. The first-order valence-corrected chi connectivity index (χ1v) is 10.8. The van der Waals surface area contributed by atoms with E-state index in [0.29, 0.717) is 40.3 Å². The van der Waals surface area contributed by atoms with Gasteiger partial charge in [0.1, 0.15) is 11.5 Å². The second-order valence-electron chi connectivity index (χ2n) is 6.74. The maximum Gasteiger partial charge on any atom is 0.255 e. The van der Waals surface area contributed by atoms with Crippen molar-refractivity contribution in [1.29, 1.82) is 0 Å². The van der Waals surface area contributed by atoms with Gasteiger partial charge in [0.2, 0.25) is 11.8 Å². The van der Waals surface area contributed by atoms with Crippen LogP contribution in [0.4, 0.5) is 5.69 Å². The van der Waals surface area contributed by atoms with Crippen LogP contribution < -0.4 is 14.8 Å². The Morgan fingerprint density at radius 1 is 0.938 bits per heavy atom. The number of carbonyl (C=O) groups is 1. The second kappa shape index (κ2) is 10.0. The number of rotatable bonds is 8. The number of nitrogens with zero attached hydrogens (tertiary/aromatic N) is 2. The molecule has 0 atom stereocenters. The van der Waals surface area contributed by atoms with Crippen molar-refractivity contribution < 1.29 is 18.7 Å². The van der Waals surface area contributed by atoms with Crippen molar-refractivity contribution >= 4 is 23.4 Å². The lowest BCUT2D eigenvalue weighted by atomic mass is 10.2. The number of anilines is 1. The highest BCUT2D eigenvalue weighted by molar-refractivity contribution is 7.98. The molecule has 0 saturated carbocycles. The fourth-order valence-electron chi connectivity index (χ4n) is 2.93. The Balaban J connectivity index is 1.35. The normalized spacial score (nSPS) is 10.6. The number of methoxy groups -OCH3 is 2. The Morgan fingerprint density at radius 3 is 2.28 bits per heavy atom. The molecule has 4 rings (SSSR count). The van der Waals surface area contributed by atoms with Crippen molar-refractivity contribution in [2.75, 3.05) is 19.5 Å². The average Bonchev–Trinajstić information content (AvgIpc) is 3.33. The zero-order chi connectivity index (χ0) is 22.3. The lowest BCUT2D eigenvalue weighted by molar-refractivity contribution is 0.102. The van der Waals surface area contributed by atoms with Gasteiger partial charge in [0.15, 0.2) is 0 Å². The number of ether oxygens (including phenoxy) is 2. The van der Waals surface area contributed by atoms with Crippen LogP contribution in [0.2, 0.25) is 0 Å². The van der Waals surface area contributed by atoms with Gasteiger partial charge in [0.25, 0.3) is 5.91 Å². The molecule has 1 heterocycles. The number of aromatic nitrogens is 2. The van der Waals surface area contributed by atoms with E-state index in [4.69, 9.17) is 13.9 Å². The Kier molecular flexibility index (Phi) is 6.72. The van der Waals surface area contributed by atoms with E-state index < -0.39 is 0 Å². The monoisotopic (exact) mass is 447 g/mol. The minimum atomic E-state index is -0.248. The van der Waals surface area contributed by atoms with E-state index in [9.17, 15) is 4.79 Å². The summed E-state index contributed by atoms with van der Waals surface area (Å²) in [5.74, 6) is 2.47. The summed E-state index contributed by atoms with van der Waals surface area (Å²) in [5, 5.41) is 11.1. The van der Waals surface area contributed by atoms with Gasteiger partial charge >= 0.3 is 0 Å². The van der Waals surface area contributed by atoms with Gasteiger partial charge in [-0.1, -0.05) is 18.2 Å². The number of benzene rings is 3. The molecule has 0 radical (unpaired) electrons. The molecule has 0 spiro atoms. The van der Waals surface area contributed by atoms with Gasteiger partial charge in [-0.3, -0.25) is 4.79 Å². The van der Waals surface area contributed by atoms with E-state index in [1.165, 1.54) is 0 Å². The number of carbonyl (C=O) groups excluding carboxylic acids is 1. The largest absolute Gasteiger partial charge is 0.497 e. The van der Waals surface area contributed by atoms with Crippen LogP contribution in [0.5, 0.6) is 11.5 Å². The third-order valence-corrected chi connectivity index (χ3v) is 5.57. The Bertz CT molecular complexity index is 1170. The number of hydrogen-bond donors (Lipinski definition) is 1. The van der Waals surface area contributed by atoms with Crippen LogP contribution in [-0.2, 0) is 5.75 Å². The van der Waals surface area contributed by atoms with E-state index in [-0.39, 0.29) is 5.91 Å². The number of thioether (sulfide) groups is 1. The molecule has 0 unspecified atom stereocenters. The van der Waals surface area contributed by atoms with Gasteiger partial charge in [-0.15, -0.1) is 22.0 Å². The van der Waals surface area contributed by atoms with Gasteiger partial charge in [0, 0.05) is 27.8 Å². The first-order chi connectivity index (χ1) is 15.6. The van der Waals surface area contributed by atoms with E-state index in [0.717, 1.165) is 10.5 Å². The molecule has 7 nitrogen and oxygen atoms in total. The van der Waals surface area contributed by atoms with Crippen LogP contribution in [0.25, 0.3) is 11.5 Å². The van der Waals surface area contributed by atoms with Crippen LogP contribution in [-0.4, -0.2) is 30.3 Å². The quantitative estimate of drug-likeness (QED) is 0.367. The van der Waals surface area contributed by atoms with Crippen LogP contribution in [0.1, 0.15) is 16.2 Å². The van der Waals surface area contributed by atoms with Gasteiger partial charge in [-0.25, -0.2) is 0 Å². The van der Waals surface area contributed by atoms with Gasteiger partial charge in [0.05, 0.1) is 20.0 Å². The van der Waals surface area contributed by atoms with Crippen LogP contribution in [0.3, 0.4) is 0 Å². The summed E-state index contributed by atoms with van der Waals surface area (Å²) in [5.41, 5.74) is 2.03. The maximum absolute atomic E-state index is 12.6. The summed E-state index contributed by atoms with van der Waals surface area (Å²) in [7, 11) is 3.09. The summed E-state index contributed by atoms with van der Waals surface area (Å²) in [6, 6.07) is 22.3. The molecule has 0 bridgehead atoms. The molecule has 1 N–H and O–H groups in total. The molecule has 0 aliphatic carbocycles.